The Hall–Kier alpha value is -1.77. The number of nitrogens with one attached hydrogen (secondary N) is 1. The normalized spacial score (nSPS) is 21.9. The van der Waals surface area contributed by atoms with Crippen molar-refractivity contribution in [2.45, 2.75) is 26.3 Å². The first-order chi connectivity index (χ1) is 8.63. The fourth-order valence-electron chi connectivity index (χ4n) is 2.86. The summed E-state index contributed by atoms with van der Waals surface area (Å²) >= 11 is 0. The lowest BCUT2D eigenvalue weighted by molar-refractivity contribution is 0.542. The van der Waals surface area contributed by atoms with Crippen molar-refractivity contribution < 1.29 is 0 Å². The average Bonchev–Trinajstić information content (AvgIpc) is 2.86. The van der Waals surface area contributed by atoms with Gasteiger partial charge in [0.25, 0.3) is 0 Å². The first-order valence-electron chi connectivity index (χ1n) is 6.48. The van der Waals surface area contributed by atoms with Gasteiger partial charge in [-0.1, -0.05) is 30.7 Å². The largest absolute Gasteiger partial charge is 0.375 e. The Labute approximate surface area is 108 Å². The van der Waals surface area contributed by atoms with Crippen LogP contribution < -0.4 is 5.32 Å². The quantitative estimate of drug-likeness (QED) is 0.875. The van der Waals surface area contributed by atoms with E-state index in [0.29, 0.717) is 12.0 Å². The molecule has 3 rings (SSSR count). The second-order valence-corrected chi connectivity index (χ2v) is 5.41. The second-order valence-electron chi connectivity index (χ2n) is 5.41. The van der Waals surface area contributed by atoms with E-state index in [9.17, 15) is 0 Å². The second kappa shape index (κ2) is 4.16. The van der Waals surface area contributed by atoms with Crippen molar-refractivity contribution in [1.82, 2.24) is 9.78 Å². The van der Waals surface area contributed by atoms with Crippen molar-refractivity contribution in [3.63, 3.8) is 0 Å². The fraction of sp³-hybridized carbons (Fsp3) is 0.400. The molecule has 0 saturated carbocycles. The van der Waals surface area contributed by atoms with Gasteiger partial charge >= 0.3 is 0 Å². The van der Waals surface area contributed by atoms with Crippen LogP contribution in [0.1, 0.15) is 29.7 Å². The maximum atomic E-state index is 4.21. The zero-order chi connectivity index (χ0) is 12.7. The minimum Gasteiger partial charge on any atom is -0.375 e. The third-order valence-electron chi connectivity index (χ3n) is 3.77. The lowest BCUT2D eigenvalue weighted by atomic mass is 10.0. The van der Waals surface area contributed by atoms with Crippen LogP contribution >= 0.6 is 0 Å². The zero-order valence-electron chi connectivity index (χ0n) is 11.1. The third-order valence-corrected chi connectivity index (χ3v) is 3.77. The summed E-state index contributed by atoms with van der Waals surface area (Å²) in [7, 11) is 1.95. The van der Waals surface area contributed by atoms with Gasteiger partial charge in [0.05, 0.1) is 17.9 Å². The van der Waals surface area contributed by atoms with E-state index >= 15 is 0 Å². The van der Waals surface area contributed by atoms with Crippen LogP contribution in [0.25, 0.3) is 0 Å². The van der Waals surface area contributed by atoms with E-state index in [-0.39, 0.29) is 0 Å². The molecule has 1 aliphatic carbocycles. The van der Waals surface area contributed by atoms with Crippen LogP contribution in [0.15, 0.2) is 30.6 Å². The Kier molecular flexibility index (Phi) is 2.62. The molecule has 2 aromatic rings. The van der Waals surface area contributed by atoms with Crippen molar-refractivity contribution in [1.29, 1.82) is 0 Å². The molecule has 0 fully saturated rings. The van der Waals surface area contributed by atoms with Crippen molar-refractivity contribution in [2.24, 2.45) is 13.0 Å². The molecule has 1 aromatic heterocycles. The van der Waals surface area contributed by atoms with Crippen LogP contribution in [-0.2, 0) is 13.5 Å². The van der Waals surface area contributed by atoms with Crippen LogP contribution in [0.5, 0.6) is 0 Å². The Morgan fingerprint density at radius 3 is 2.94 bits per heavy atom. The molecule has 1 aliphatic rings. The summed E-state index contributed by atoms with van der Waals surface area (Å²) in [5.41, 5.74) is 5.37. The number of benzene rings is 1. The Balaban J connectivity index is 1.91. The van der Waals surface area contributed by atoms with E-state index in [0.717, 1.165) is 12.1 Å². The summed E-state index contributed by atoms with van der Waals surface area (Å²) in [5.74, 6) is 0.627. The molecular weight excluding hydrogens is 222 g/mol. The number of rotatable bonds is 2. The number of fused-ring (bicyclic) bond motifs is 1. The molecule has 3 nitrogen and oxygen atoms in total. The molecule has 1 aromatic carbocycles. The summed E-state index contributed by atoms with van der Waals surface area (Å²) < 4.78 is 1.83. The SMILES string of the molecule is Cc1ccc2c(c1)[C@@H](Nc1cnn(C)c1)[C@H](C)C2. The smallest absolute Gasteiger partial charge is 0.0731 e. The van der Waals surface area contributed by atoms with E-state index in [1.807, 2.05) is 24.1 Å². The van der Waals surface area contributed by atoms with Crippen molar-refractivity contribution in [3.8, 4) is 0 Å². The summed E-state index contributed by atoms with van der Waals surface area (Å²) in [4.78, 5) is 0. The minimum atomic E-state index is 0.407. The van der Waals surface area contributed by atoms with Crippen LogP contribution in [0.4, 0.5) is 5.69 Å². The number of nitrogens with zero attached hydrogens (tertiary/aromatic N) is 2. The van der Waals surface area contributed by atoms with Crippen LogP contribution in [-0.4, -0.2) is 9.78 Å². The molecule has 0 spiro atoms. The van der Waals surface area contributed by atoms with E-state index in [1.54, 1.807) is 0 Å². The molecule has 3 heteroatoms. The van der Waals surface area contributed by atoms with Gasteiger partial charge in [0, 0.05) is 13.2 Å². The molecule has 0 bridgehead atoms. The lowest BCUT2D eigenvalue weighted by Gasteiger charge is -2.19. The molecule has 0 aliphatic heterocycles. The van der Waals surface area contributed by atoms with Crippen molar-refractivity contribution in [2.75, 3.05) is 5.32 Å². The monoisotopic (exact) mass is 241 g/mol. The van der Waals surface area contributed by atoms with Gasteiger partial charge in [0.15, 0.2) is 0 Å². The van der Waals surface area contributed by atoms with Crippen molar-refractivity contribution in [3.05, 3.63) is 47.3 Å². The summed E-state index contributed by atoms with van der Waals surface area (Å²) in [5, 5.41) is 7.82. The van der Waals surface area contributed by atoms with Gasteiger partial charge in [-0.05, 0) is 30.4 Å². The topological polar surface area (TPSA) is 29.9 Å². The predicted octanol–water partition coefficient (Wildman–Crippen LogP) is 3.07. The lowest BCUT2D eigenvalue weighted by Crippen LogP contribution is -2.14. The highest BCUT2D eigenvalue weighted by atomic mass is 15.3. The van der Waals surface area contributed by atoms with E-state index in [2.05, 4.69) is 42.5 Å². The van der Waals surface area contributed by atoms with Gasteiger partial charge in [-0.15, -0.1) is 0 Å². The number of hydrogen-bond donors (Lipinski definition) is 1. The molecule has 0 amide bonds. The minimum absolute atomic E-state index is 0.407. The number of aryl methyl sites for hydroxylation is 2. The van der Waals surface area contributed by atoms with E-state index in [4.69, 9.17) is 0 Å². The van der Waals surface area contributed by atoms with Gasteiger partial charge in [-0.25, -0.2) is 0 Å². The van der Waals surface area contributed by atoms with Gasteiger partial charge in [-0.2, -0.15) is 5.10 Å². The van der Waals surface area contributed by atoms with Gasteiger partial charge in [-0.3, -0.25) is 4.68 Å². The maximum absolute atomic E-state index is 4.21. The number of aromatic nitrogens is 2. The van der Waals surface area contributed by atoms with Gasteiger partial charge in [0.2, 0.25) is 0 Å². The van der Waals surface area contributed by atoms with Crippen LogP contribution in [0, 0.1) is 12.8 Å². The molecule has 18 heavy (non-hydrogen) atoms. The number of hydrogen-bond acceptors (Lipinski definition) is 2. The highest BCUT2D eigenvalue weighted by Gasteiger charge is 2.29. The van der Waals surface area contributed by atoms with Crippen LogP contribution in [0.2, 0.25) is 0 Å². The van der Waals surface area contributed by atoms with E-state index < -0.39 is 0 Å². The molecule has 1 heterocycles. The number of anilines is 1. The zero-order valence-corrected chi connectivity index (χ0v) is 11.1. The average molecular weight is 241 g/mol. The molecule has 1 N–H and O–H groups in total. The first-order valence-corrected chi connectivity index (χ1v) is 6.48. The molecule has 0 radical (unpaired) electrons. The summed E-state index contributed by atoms with van der Waals surface area (Å²) in [6, 6.07) is 7.20. The Morgan fingerprint density at radius 1 is 1.39 bits per heavy atom. The van der Waals surface area contributed by atoms with Gasteiger partial charge < -0.3 is 5.32 Å². The summed E-state index contributed by atoms with van der Waals surface area (Å²) in [6.45, 7) is 4.47. The highest BCUT2D eigenvalue weighted by molar-refractivity contribution is 5.47. The van der Waals surface area contributed by atoms with Crippen LogP contribution in [0.3, 0.4) is 0 Å². The van der Waals surface area contributed by atoms with E-state index in [1.165, 1.54) is 16.7 Å². The molecule has 2 atom stereocenters. The van der Waals surface area contributed by atoms with Gasteiger partial charge in [0.1, 0.15) is 0 Å². The maximum Gasteiger partial charge on any atom is 0.0731 e. The molecular formula is C15H19N3. The third kappa shape index (κ3) is 1.90. The molecule has 0 unspecified atom stereocenters. The summed E-state index contributed by atoms with van der Waals surface area (Å²) in [6.07, 6.45) is 5.08. The highest BCUT2D eigenvalue weighted by Crippen LogP contribution is 2.38. The molecule has 94 valence electrons. The fourth-order valence-corrected chi connectivity index (χ4v) is 2.86. The standard InChI is InChI=1S/C15H19N3/c1-10-4-5-12-7-11(2)15(14(12)6-10)17-13-8-16-18(3)9-13/h4-6,8-9,11,15,17H,7H2,1-3H3/t11-,15+/m1/s1. The Morgan fingerprint density at radius 2 is 2.22 bits per heavy atom. The molecule has 0 saturated heterocycles. The Bertz CT molecular complexity index is 571. The van der Waals surface area contributed by atoms with Crippen molar-refractivity contribution >= 4 is 5.69 Å². The first kappa shape index (κ1) is 11.3. The predicted molar refractivity (Wildman–Crippen MR) is 73.6 cm³/mol.